The Hall–Kier alpha value is -3.98. The predicted molar refractivity (Wildman–Crippen MR) is 134 cm³/mol. The van der Waals surface area contributed by atoms with Gasteiger partial charge in [0, 0.05) is 10.9 Å². The zero-order valence-corrected chi connectivity index (χ0v) is 20.3. The number of aryl methyl sites for hydroxylation is 2. The van der Waals surface area contributed by atoms with Crippen LogP contribution < -0.4 is 15.2 Å². The van der Waals surface area contributed by atoms with Crippen molar-refractivity contribution in [3.05, 3.63) is 75.7 Å². The third-order valence-corrected chi connectivity index (χ3v) is 7.11. The van der Waals surface area contributed by atoms with Crippen LogP contribution in [0.5, 0.6) is 5.75 Å². The molecule has 1 aliphatic rings. The summed E-state index contributed by atoms with van der Waals surface area (Å²) < 4.78 is 11.8. The van der Waals surface area contributed by atoms with Crippen LogP contribution in [0.2, 0.25) is 0 Å². The van der Waals surface area contributed by atoms with E-state index in [1.807, 2.05) is 31.4 Å². The smallest absolute Gasteiger partial charge is 0.348 e. The highest BCUT2D eigenvalue weighted by Crippen LogP contribution is 2.34. The van der Waals surface area contributed by atoms with Crippen molar-refractivity contribution in [2.24, 2.45) is 0 Å². The average Bonchev–Trinajstić information content (AvgIpc) is 3.31. The first-order valence-corrected chi connectivity index (χ1v) is 11.9. The molecule has 4 aromatic rings. The molecule has 5 rings (SSSR count). The van der Waals surface area contributed by atoms with E-state index in [4.69, 9.17) is 9.47 Å². The minimum absolute atomic E-state index is 0.0146. The summed E-state index contributed by atoms with van der Waals surface area (Å²) in [6, 6.07) is 13.0. The Morgan fingerprint density at radius 1 is 1.17 bits per heavy atom. The summed E-state index contributed by atoms with van der Waals surface area (Å²) in [5.41, 5.74) is 4.29. The third kappa shape index (κ3) is 4.08. The first kappa shape index (κ1) is 22.8. The molecule has 0 N–H and O–H groups in total. The number of aromatic nitrogens is 2. The van der Waals surface area contributed by atoms with E-state index in [0.717, 1.165) is 16.7 Å². The molecule has 2 aromatic carbocycles. The predicted octanol–water partition coefficient (Wildman–Crippen LogP) is 3.71. The standard InChI is InChI=1S/C26H23N3O5S/c1-15-8-9-17(10-16(15)2)18-13-35-24-23(18)25(31)28(14-27-24)12-22(30)29-11-21(26(32)33-3)34-20-7-5-4-6-19(20)29/h4-10,13-14,21H,11-12H2,1-3H3/t21-/m0/s1. The van der Waals surface area contributed by atoms with E-state index in [9.17, 15) is 14.4 Å². The maximum Gasteiger partial charge on any atom is 0.348 e. The van der Waals surface area contributed by atoms with Gasteiger partial charge in [0.1, 0.15) is 17.1 Å². The van der Waals surface area contributed by atoms with E-state index in [1.165, 1.54) is 39.8 Å². The fourth-order valence-electron chi connectivity index (χ4n) is 4.16. The second kappa shape index (κ2) is 8.99. The number of para-hydroxylation sites is 2. The van der Waals surface area contributed by atoms with Crippen molar-refractivity contribution < 1.29 is 19.1 Å². The second-order valence-corrected chi connectivity index (χ2v) is 9.27. The van der Waals surface area contributed by atoms with Gasteiger partial charge in [-0.15, -0.1) is 11.3 Å². The Labute approximate surface area is 205 Å². The quantitative estimate of drug-likeness (QED) is 0.406. The zero-order valence-electron chi connectivity index (χ0n) is 19.5. The number of rotatable bonds is 4. The van der Waals surface area contributed by atoms with Crippen LogP contribution >= 0.6 is 11.3 Å². The number of nitrogens with zero attached hydrogens (tertiary/aromatic N) is 3. The average molecular weight is 490 g/mol. The molecule has 8 nitrogen and oxygen atoms in total. The molecule has 3 heterocycles. The molecule has 0 radical (unpaired) electrons. The van der Waals surface area contributed by atoms with Crippen LogP contribution in [0.4, 0.5) is 5.69 Å². The summed E-state index contributed by atoms with van der Waals surface area (Å²) >= 11 is 1.40. The molecule has 0 fully saturated rings. The number of carbonyl (C=O) groups is 2. The van der Waals surface area contributed by atoms with Gasteiger partial charge in [0.15, 0.2) is 0 Å². The van der Waals surface area contributed by atoms with Gasteiger partial charge < -0.3 is 14.4 Å². The highest BCUT2D eigenvalue weighted by molar-refractivity contribution is 7.17. The Morgan fingerprint density at radius 2 is 1.97 bits per heavy atom. The highest BCUT2D eigenvalue weighted by atomic mass is 32.1. The number of carbonyl (C=O) groups excluding carboxylic acids is 2. The number of amides is 1. The molecule has 2 aromatic heterocycles. The van der Waals surface area contributed by atoms with Gasteiger partial charge in [0.25, 0.3) is 5.56 Å². The maximum atomic E-state index is 13.5. The molecule has 0 unspecified atom stereocenters. The molecule has 0 aliphatic carbocycles. The first-order valence-electron chi connectivity index (χ1n) is 11.1. The zero-order chi connectivity index (χ0) is 24.7. The number of esters is 1. The van der Waals surface area contributed by atoms with Gasteiger partial charge in [0.2, 0.25) is 12.0 Å². The van der Waals surface area contributed by atoms with Crippen molar-refractivity contribution >= 4 is 39.1 Å². The topological polar surface area (TPSA) is 90.7 Å². The molecule has 1 amide bonds. The van der Waals surface area contributed by atoms with Crippen molar-refractivity contribution in [3.63, 3.8) is 0 Å². The fraction of sp³-hybridized carbons (Fsp3) is 0.231. The van der Waals surface area contributed by atoms with Crippen molar-refractivity contribution in [1.29, 1.82) is 0 Å². The Balaban J connectivity index is 1.50. The van der Waals surface area contributed by atoms with E-state index in [2.05, 4.69) is 11.1 Å². The summed E-state index contributed by atoms with van der Waals surface area (Å²) in [5, 5.41) is 2.41. The van der Waals surface area contributed by atoms with Crippen LogP contribution in [-0.2, 0) is 20.9 Å². The van der Waals surface area contributed by atoms with E-state index in [0.29, 0.717) is 21.7 Å². The number of benzene rings is 2. The summed E-state index contributed by atoms with van der Waals surface area (Å²) in [7, 11) is 1.27. The third-order valence-electron chi connectivity index (χ3n) is 6.22. The molecular formula is C26H23N3O5S. The molecule has 178 valence electrons. The first-order chi connectivity index (χ1) is 16.9. The number of ether oxygens (including phenoxy) is 2. The number of methoxy groups -OCH3 is 1. The fourth-order valence-corrected chi connectivity index (χ4v) is 5.06. The van der Waals surface area contributed by atoms with Crippen molar-refractivity contribution in [1.82, 2.24) is 9.55 Å². The van der Waals surface area contributed by atoms with Crippen LogP contribution in [0.1, 0.15) is 11.1 Å². The summed E-state index contributed by atoms with van der Waals surface area (Å²) in [5.74, 6) is -0.534. The largest absolute Gasteiger partial charge is 0.475 e. The number of thiophene rings is 1. The molecule has 1 aliphatic heterocycles. The highest BCUT2D eigenvalue weighted by Gasteiger charge is 2.34. The van der Waals surface area contributed by atoms with Crippen molar-refractivity contribution in [2.45, 2.75) is 26.5 Å². The Kier molecular flexibility index (Phi) is 5.86. The normalized spacial score (nSPS) is 14.9. The SMILES string of the molecule is COC(=O)[C@@H]1CN(C(=O)Cn2cnc3scc(-c4ccc(C)c(C)c4)c3c2=O)c2ccccc2O1. The van der Waals surface area contributed by atoms with Crippen LogP contribution in [0.15, 0.2) is 59.0 Å². The lowest BCUT2D eigenvalue weighted by Crippen LogP contribution is -2.49. The van der Waals surface area contributed by atoms with E-state index in [1.54, 1.807) is 24.3 Å². The van der Waals surface area contributed by atoms with E-state index in [-0.39, 0.29) is 24.6 Å². The summed E-state index contributed by atoms with van der Waals surface area (Å²) in [6.45, 7) is 3.83. The Bertz CT molecular complexity index is 1520. The van der Waals surface area contributed by atoms with Gasteiger partial charge in [-0.2, -0.15) is 0 Å². The number of fused-ring (bicyclic) bond motifs is 2. The molecule has 0 spiro atoms. The van der Waals surface area contributed by atoms with Crippen LogP contribution in [0.25, 0.3) is 21.3 Å². The Morgan fingerprint density at radius 3 is 2.74 bits per heavy atom. The van der Waals surface area contributed by atoms with Gasteiger partial charge in [-0.25, -0.2) is 9.78 Å². The maximum absolute atomic E-state index is 13.5. The van der Waals surface area contributed by atoms with E-state index < -0.39 is 12.1 Å². The minimum Gasteiger partial charge on any atom is -0.475 e. The molecule has 0 saturated carbocycles. The molecule has 1 atom stereocenters. The molecule has 0 bridgehead atoms. The lowest BCUT2D eigenvalue weighted by Gasteiger charge is -2.33. The molecule has 35 heavy (non-hydrogen) atoms. The number of hydrogen-bond donors (Lipinski definition) is 0. The van der Waals surface area contributed by atoms with Gasteiger partial charge in [-0.1, -0.05) is 30.3 Å². The van der Waals surface area contributed by atoms with Crippen molar-refractivity contribution in [3.8, 4) is 16.9 Å². The summed E-state index contributed by atoms with van der Waals surface area (Å²) in [6.07, 6.45) is 0.442. The van der Waals surface area contributed by atoms with Gasteiger partial charge in [-0.3, -0.25) is 14.2 Å². The second-order valence-electron chi connectivity index (χ2n) is 8.41. The van der Waals surface area contributed by atoms with Crippen LogP contribution in [0, 0.1) is 13.8 Å². The van der Waals surface area contributed by atoms with Gasteiger partial charge in [-0.05, 0) is 42.7 Å². The minimum atomic E-state index is -0.954. The van der Waals surface area contributed by atoms with Gasteiger partial charge in [0.05, 0.1) is 31.1 Å². The van der Waals surface area contributed by atoms with E-state index >= 15 is 0 Å². The lowest BCUT2D eigenvalue weighted by molar-refractivity contribution is -0.148. The number of hydrogen-bond acceptors (Lipinski definition) is 7. The molecular weight excluding hydrogens is 466 g/mol. The van der Waals surface area contributed by atoms with Gasteiger partial charge >= 0.3 is 5.97 Å². The lowest BCUT2D eigenvalue weighted by atomic mass is 10.0. The summed E-state index contributed by atoms with van der Waals surface area (Å²) in [4.78, 5) is 45.5. The molecule has 0 saturated heterocycles. The monoisotopic (exact) mass is 489 g/mol. The molecule has 9 heteroatoms. The van der Waals surface area contributed by atoms with Crippen LogP contribution in [-0.4, -0.2) is 41.2 Å². The van der Waals surface area contributed by atoms with Crippen molar-refractivity contribution in [2.75, 3.05) is 18.6 Å². The van der Waals surface area contributed by atoms with Crippen LogP contribution in [0.3, 0.4) is 0 Å². The number of anilines is 1.